The summed E-state index contributed by atoms with van der Waals surface area (Å²) in [4.78, 5) is 0. The van der Waals surface area contributed by atoms with Crippen molar-refractivity contribution in [1.29, 1.82) is 0 Å². The lowest BCUT2D eigenvalue weighted by molar-refractivity contribution is -0.202. The summed E-state index contributed by atoms with van der Waals surface area (Å²) < 4.78 is 6.18. The molecule has 2 heteroatoms. The van der Waals surface area contributed by atoms with Gasteiger partial charge in [-0.2, -0.15) is 0 Å². The zero-order valence-electron chi connectivity index (χ0n) is 8.15. The van der Waals surface area contributed by atoms with Crippen molar-refractivity contribution >= 4 is 0 Å². The minimum Gasteiger partial charge on any atom is -0.366 e. The molecule has 70 valence electrons. The summed E-state index contributed by atoms with van der Waals surface area (Å²) in [7, 11) is 0. The quantitative estimate of drug-likeness (QED) is 0.694. The third-order valence-electron chi connectivity index (χ3n) is 3.37. The summed E-state index contributed by atoms with van der Waals surface area (Å²) in [6, 6.07) is 0. The molecule has 2 nitrogen and oxygen atoms in total. The molecule has 0 amide bonds. The van der Waals surface area contributed by atoms with E-state index in [-0.39, 0.29) is 11.2 Å². The average Bonchev–Trinajstić information content (AvgIpc) is 1.93. The van der Waals surface area contributed by atoms with E-state index in [1.165, 1.54) is 25.7 Å². The first kappa shape index (κ1) is 8.52. The van der Waals surface area contributed by atoms with Crippen LogP contribution in [-0.4, -0.2) is 24.3 Å². The summed E-state index contributed by atoms with van der Waals surface area (Å²) in [6.07, 6.45) is 5.10. The lowest BCUT2D eigenvalue weighted by Crippen LogP contribution is -2.63. The second-order valence-corrected chi connectivity index (χ2v) is 4.55. The lowest BCUT2D eigenvalue weighted by Gasteiger charge is -2.51. The normalized spacial score (nSPS) is 30.5. The van der Waals surface area contributed by atoms with Gasteiger partial charge in [-0.1, -0.05) is 6.92 Å². The van der Waals surface area contributed by atoms with E-state index in [4.69, 9.17) is 4.74 Å². The van der Waals surface area contributed by atoms with Gasteiger partial charge in [0.1, 0.15) is 0 Å². The molecule has 0 aromatic rings. The molecule has 1 heterocycles. The van der Waals surface area contributed by atoms with Crippen LogP contribution in [0.2, 0.25) is 0 Å². The van der Waals surface area contributed by atoms with Gasteiger partial charge in [-0.15, -0.1) is 0 Å². The molecule has 1 aliphatic carbocycles. The molecule has 2 aliphatic rings. The highest BCUT2D eigenvalue weighted by atomic mass is 16.5. The summed E-state index contributed by atoms with van der Waals surface area (Å²) in [5.74, 6) is 0. The number of hydrogen-bond acceptors (Lipinski definition) is 2. The largest absolute Gasteiger partial charge is 0.366 e. The molecule has 2 fully saturated rings. The Balaban J connectivity index is 1.91. The van der Waals surface area contributed by atoms with E-state index in [2.05, 4.69) is 19.2 Å². The van der Waals surface area contributed by atoms with Gasteiger partial charge in [0, 0.05) is 13.1 Å². The maximum atomic E-state index is 6.18. The highest BCUT2D eigenvalue weighted by molar-refractivity contribution is 4.97. The topological polar surface area (TPSA) is 21.3 Å². The molecule has 0 atom stereocenters. The Morgan fingerprint density at radius 1 is 1.33 bits per heavy atom. The number of ether oxygens (including phenoxy) is 1. The van der Waals surface area contributed by atoms with Crippen molar-refractivity contribution in [1.82, 2.24) is 5.32 Å². The second-order valence-electron chi connectivity index (χ2n) is 4.55. The zero-order valence-corrected chi connectivity index (χ0v) is 8.15. The summed E-state index contributed by atoms with van der Waals surface area (Å²) in [6.45, 7) is 6.54. The van der Waals surface area contributed by atoms with Gasteiger partial charge in [0.15, 0.2) is 0 Å². The minimum absolute atomic E-state index is 0.149. The fourth-order valence-electron chi connectivity index (χ4n) is 2.17. The van der Waals surface area contributed by atoms with Crippen molar-refractivity contribution in [3.8, 4) is 0 Å². The van der Waals surface area contributed by atoms with E-state index in [9.17, 15) is 0 Å². The summed E-state index contributed by atoms with van der Waals surface area (Å²) in [5.41, 5.74) is 0.410. The van der Waals surface area contributed by atoms with Crippen molar-refractivity contribution in [3.63, 3.8) is 0 Å². The number of rotatable bonds is 3. The van der Waals surface area contributed by atoms with E-state index >= 15 is 0 Å². The Morgan fingerprint density at radius 2 is 2.00 bits per heavy atom. The van der Waals surface area contributed by atoms with Crippen molar-refractivity contribution in [3.05, 3.63) is 0 Å². The highest BCUT2D eigenvalue weighted by Gasteiger charge is 2.44. The molecule has 1 N–H and O–H groups in total. The fraction of sp³-hybridized carbons (Fsp3) is 1.00. The van der Waals surface area contributed by atoms with E-state index in [1.54, 1.807) is 0 Å². The molecule has 0 aromatic carbocycles. The van der Waals surface area contributed by atoms with Gasteiger partial charge in [-0.25, -0.2) is 0 Å². The van der Waals surface area contributed by atoms with Gasteiger partial charge in [0.05, 0.1) is 11.2 Å². The molecule has 0 unspecified atom stereocenters. The summed E-state index contributed by atoms with van der Waals surface area (Å²) >= 11 is 0. The SMILES string of the molecule is CCC1(OC2(C)CNC2)CCC1. The molecular weight excluding hydrogens is 150 g/mol. The van der Waals surface area contributed by atoms with Crippen LogP contribution in [0.4, 0.5) is 0 Å². The molecule has 1 aliphatic heterocycles. The van der Waals surface area contributed by atoms with Gasteiger partial charge >= 0.3 is 0 Å². The molecule has 1 saturated heterocycles. The predicted octanol–water partition coefficient (Wildman–Crippen LogP) is 1.70. The van der Waals surface area contributed by atoms with Crippen LogP contribution < -0.4 is 5.32 Å². The average molecular weight is 169 g/mol. The Labute approximate surface area is 74.7 Å². The Hall–Kier alpha value is -0.0800. The first-order valence-corrected chi connectivity index (χ1v) is 5.09. The highest BCUT2D eigenvalue weighted by Crippen LogP contribution is 2.42. The molecule has 0 bridgehead atoms. The van der Waals surface area contributed by atoms with E-state index in [0.29, 0.717) is 0 Å². The molecule has 0 radical (unpaired) electrons. The van der Waals surface area contributed by atoms with Crippen molar-refractivity contribution in [2.75, 3.05) is 13.1 Å². The van der Waals surface area contributed by atoms with Crippen molar-refractivity contribution < 1.29 is 4.74 Å². The third-order valence-corrected chi connectivity index (χ3v) is 3.37. The van der Waals surface area contributed by atoms with Gasteiger partial charge in [-0.05, 0) is 32.6 Å². The maximum Gasteiger partial charge on any atom is 0.0909 e. The van der Waals surface area contributed by atoms with E-state index in [0.717, 1.165) is 13.1 Å². The predicted molar refractivity (Wildman–Crippen MR) is 49.2 cm³/mol. The Morgan fingerprint density at radius 3 is 2.25 bits per heavy atom. The molecular formula is C10H19NO. The molecule has 0 aromatic heterocycles. The standard InChI is InChI=1S/C10H19NO/c1-3-10(5-4-6-10)12-9(2)7-11-8-9/h11H,3-8H2,1-2H3. The van der Waals surface area contributed by atoms with Crippen LogP contribution >= 0.6 is 0 Å². The van der Waals surface area contributed by atoms with Gasteiger partial charge in [0.25, 0.3) is 0 Å². The van der Waals surface area contributed by atoms with Crippen molar-refractivity contribution in [2.24, 2.45) is 0 Å². The van der Waals surface area contributed by atoms with Gasteiger partial charge in [0.2, 0.25) is 0 Å². The number of nitrogens with one attached hydrogen (secondary N) is 1. The smallest absolute Gasteiger partial charge is 0.0909 e. The van der Waals surface area contributed by atoms with Gasteiger partial charge in [-0.3, -0.25) is 0 Å². The third kappa shape index (κ3) is 1.27. The zero-order chi connectivity index (χ0) is 8.66. The van der Waals surface area contributed by atoms with Gasteiger partial charge < -0.3 is 10.1 Å². The van der Waals surface area contributed by atoms with Crippen molar-refractivity contribution in [2.45, 2.75) is 50.7 Å². The Kier molecular flexibility index (Phi) is 1.92. The van der Waals surface area contributed by atoms with Crippen LogP contribution in [0.3, 0.4) is 0 Å². The van der Waals surface area contributed by atoms with Crippen LogP contribution in [-0.2, 0) is 4.74 Å². The monoisotopic (exact) mass is 169 g/mol. The van der Waals surface area contributed by atoms with Crippen LogP contribution in [0.15, 0.2) is 0 Å². The molecule has 12 heavy (non-hydrogen) atoms. The minimum atomic E-state index is 0.149. The van der Waals surface area contributed by atoms with E-state index < -0.39 is 0 Å². The first-order chi connectivity index (χ1) is 5.68. The Bertz CT molecular complexity index is 165. The maximum absolute atomic E-state index is 6.18. The molecule has 1 saturated carbocycles. The van der Waals surface area contributed by atoms with Crippen LogP contribution in [0.1, 0.15) is 39.5 Å². The van der Waals surface area contributed by atoms with Crippen LogP contribution in [0.5, 0.6) is 0 Å². The molecule has 0 spiro atoms. The lowest BCUT2D eigenvalue weighted by atomic mass is 9.77. The fourth-order valence-corrected chi connectivity index (χ4v) is 2.17. The summed E-state index contributed by atoms with van der Waals surface area (Å²) in [5, 5.41) is 3.27. The first-order valence-electron chi connectivity index (χ1n) is 5.09. The van der Waals surface area contributed by atoms with Crippen LogP contribution in [0.25, 0.3) is 0 Å². The van der Waals surface area contributed by atoms with Crippen LogP contribution in [0, 0.1) is 0 Å². The number of hydrogen-bond donors (Lipinski definition) is 1. The van der Waals surface area contributed by atoms with E-state index in [1.807, 2.05) is 0 Å². The second kappa shape index (κ2) is 2.71. The molecule has 2 rings (SSSR count).